The molecule has 5 heterocycles. The summed E-state index contributed by atoms with van der Waals surface area (Å²) in [6, 6.07) is 12.6. The lowest BCUT2D eigenvalue weighted by molar-refractivity contribution is 0.0705. The molecule has 33 heavy (non-hydrogen) atoms. The number of benzene rings is 2. The van der Waals surface area contributed by atoms with Crippen LogP contribution in [-0.2, 0) is 4.74 Å². The van der Waals surface area contributed by atoms with Crippen LogP contribution >= 0.6 is 0 Å². The van der Waals surface area contributed by atoms with Crippen molar-refractivity contribution >= 4 is 33.7 Å². The summed E-state index contributed by atoms with van der Waals surface area (Å²) in [4.78, 5) is 11.8. The molecule has 5 aromatic rings. The minimum Gasteiger partial charge on any atom is -0.489 e. The number of rotatable bonds is 3. The van der Waals surface area contributed by atoms with E-state index in [1.54, 1.807) is 6.20 Å². The number of ether oxygens (including phenoxy) is 2. The monoisotopic (exact) mass is 439 g/mol. The quantitative estimate of drug-likeness (QED) is 0.444. The highest BCUT2D eigenvalue weighted by molar-refractivity contribution is 5.84. The van der Waals surface area contributed by atoms with Crippen molar-refractivity contribution in [2.45, 2.75) is 6.04 Å². The molecule has 9 nitrogen and oxygen atoms in total. The molecule has 2 aromatic carbocycles. The first-order chi connectivity index (χ1) is 16.3. The molecule has 0 saturated carbocycles. The highest BCUT2D eigenvalue weighted by Gasteiger charge is 2.30. The third-order valence-electron chi connectivity index (χ3n) is 6.30. The predicted octanol–water partition coefficient (Wildman–Crippen LogP) is 3.61. The molecule has 7 rings (SSSR count). The fraction of sp³-hybridized carbons (Fsp3) is 0.208. The lowest BCUT2D eigenvalue weighted by Gasteiger charge is -2.41. The molecular formula is C24H21N7O2. The number of H-pyrrole nitrogens is 1. The molecule has 0 spiro atoms. The Bertz CT molecular complexity index is 1490. The standard InChI is InChI=1S/C24H21N7O2/c1-2-16-11-26-29-19(16)9-15(1)20-12-30-6-5-25-24(30)23(28-20)27-17-3-4-21-22(10-17)33-14-18-13-32-8-7-31(18)21/h1-6,9-12,18H,7-8,13-14H2,(H,26,29)(H,27,28). The number of aromatic amines is 1. The van der Waals surface area contributed by atoms with Gasteiger partial charge in [0.05, 0.1) is 42.4 Å². The molecule has 0 amide bonds. The minimum atomic E-state index is 0.278. The van der Waals surface area contributed by atoms with E-state index >= 15 is 0 Å². The summed E-state index contributed by atoms with van der Waals surface area (Å²) in [5.41, 5.74) is 5.58. The van der Waals surface area contributed by atoms with Crippen LogP contribution in [0.5, 0.6) is 5.75 Å². The number of anilines is 3. The van der Waals surface area contributed by atoms with Gasteiger partial charge < -0.3 is 24.1 Å². The first kappa shape index (κ1) is 18.5. The van der Waals surface area contributed by atoms with E-state index in [-0.39, 0.29) is 6.04 Å². The molecule has 2 aliphatic rings. The number of nitrogens with one attached hydrogen (secondary N) is 2. The van der Waals surface area contributed by atoms with Crippen LogP contribution in [0.2, 0.25) is 0 Å². The molecule has 3 aromatic heterocycles. The molecule has 0 radical (unpaired) electrons. The SMILES string of the molecule is c1cn2cc(-c3ccc4cn[nH]c4c3)nc(Nc3ccc4c(c3)OCC3COCCN43)c2n1. The van der Waals surface area contributed by atoms with Gasteiger partial charge >= 0.3 is 0 Å². The number of fused-ring (bicyclic) bond motifs is 5. The Balaban J connectivity index is 1.26. The van der Waals surface area contributed by atoms with Gasteiger partial charge in [-0.3, -0.25) is 5.10 Å². The summed E-state index contributed by atoms with van der Waals surface area (Å²) in [6.07, 6.45) is 7.50. The summed E-state index contributed by atoms with van der Waals surface area (Å²) < 4.78 is 13.6. The van der Waals surface area contributed by atoms with E-state index in [9.17, 15) is 0 Å². The van der Waals surface area contributed by atoms with Crippen LogP contribution in [-0.4, -0.2) is 57.0 Å². The highest BCUT2D eigenvalue weighted by atomic mass is 16.5. The number of hydrogen-bond donors (Lipinski definition) is 2. The van der Waals surface area contributed by atoms with Gasteiger partial charge in [0.25, 0.3) is 0 Å². The van der Waals surface area contributed by atoms with Crippen molar-refractivity contribution in [3.63, 3.8) is 0 Å². The second kappa shape index (κ2) is 7.21. The molecule has 0 bridgehead atoms. The lowest BCUT2D eigenvalue weighted by atomic mass is 10.1. The van der Waals surface area contributed by atoms with Crippen molar-refractivity contribution < 1.29 is 9.47 Å². The van der Waals surface area contributed by atoms with Gasteiger partial charge in [0.2, 0.25) is 0 Å². The number of nitrogens with zero attached hydrogens (tertiary/aromatic N) is 5. The molecule has 1 fully saturated rings. The first-order valence-corrected chi connectivity index (χ1v) is 11.0. The Morgan fingerprint density at radius 3 is 3.12 bits per heavy atom. The Morgan fingerprint density at radius 1 is 1.12 bits per heavy atom. The van der Waals surface area contributed by atoms with E-state index < -0.39 is 0 Å². The zero-order valence-corrected chi connectivity index (χ0v) is 17.7. The summed E-state index contributed by atoms with van der Waals surface area (Å²) >= 11 is 0. The molecule has 2 N–H and O–H groups in total. The maximum Gasteiger partial charge on any atom is 0.180 e. The van der Waals surface area contributed by atoms with Crippen LogP contribution in [0.15, 0.2) is 61.2 Å². The van der Waals surface area contributed by atoms with Crippen molar-refractivity contribution in [3.8, 4) is 17.0 Å². The van der Waals surface area contributed by atoms with Crippen LogP contribution in [0.4, 0.5) is 17.2 Å². The van der Waals surface area contributed by atoms with Crippen molar-refractivity contribution in [3.05, 3.63) is 61.2 Å². The second-order valence-corrected chi connectivity index (χ2v) is 8.35. The number of hydrogen-bond acceptors (Lipinski definition) is 7. The molecule has 0 aliphatic carbocycles. The molecule has 2 aliphatic heterocycles. The fourth-order valence-corrected chi connectivity index (χ4v) is 4.63. The molecule has 9 heteroatoms. The third-order valence-corrected chi connectivity index (χ3v) is 6.30. The van der Waals surface area contributed by atoms with Crippen molar-refractivity contribution in [1.82, 2.24) is 24.6 Å². The molecule has 164 valence electrons. The molecule has 1 atom stereocenters. The number of imidazole rings is 1. The van der Waals surface area contributed by atoms with Gasteiger partial charge in [-0.25, -0.2) is 9.97 Å². The van der Waals surface area contributed by atoms with Crippen molar-refractivity contribution in [2.24, 2.45) is 0 Å². The van der Waals surface area contributed by atoms with E-state index in [0.717, 1.165) is 58.1 Å². The van der Waals surface area contributed by atoms with E-state index in [2.05, 4.69) is 49.7 Å². The topological polar surface area (TPSA) is 92.6 Å². The summed E-state index contributed by atoms with van der Waals surface area (Å²) in [6.45, 7) is 2.96. The summed E-state index contributed by atoms with van der Waals surface area (Å²) in [5.74, 6) is 1.56. The maximum absolute atomic E-state index is 6.06. The van der Waals surface area contributed by atoms with Crippen LogP contribution in [0.3, 0.4) is 0 Å². The summed E-state index contributed by atoms with van der Waals surface area (Å²) in [7, 11) is 0. The van der Waals surface area contributed by atoms with E-state index in [1.807, 2.05) is 35.1 Å². The van der Waals surface area contributed by atoms with E-state index in [1.165, 1.54) is 0 Å². The highest BCUT2D eigenvalue weighted by Crippen LogP contribution is 2.38. The van der Waals surface area contributed by atoms with Gasteiger partial charge in [-0.15, -0.1) is 0 Å². The third kappa shape index (κ3) is 3.08. The van der Waals surface area contributed by atoms with Crippen LogP contribution in [0.1, 0.15) is 0 Å². The van der Waals surface area contributed by atoms with Crippen LogP contribution in [0.25, 0.3) is 27.8 Å². The number of aromatic nitrogens is 5. The average Bonchev–Trinajstić information content (AvgIpc) is 3.53. The zero-order valence-electron chi connectivity index (χ0n) is 17.7. The van der Waals surface area contributed by atoms with Gasteiger partial charge in [0, 0.05) is 47.8 Å². The smallest absolute Gasteiger partial charge is 0.180 e. The fourth-order valence-electron chi connectivity index (χ4n) is 4.63. The zero-order chi connectivity index (χ0) is 21.8. The van der Waals surface area contributed by atoms with E-state index in [4.69, 9.17) is 14.5 Å². The van der Waals surface area contributed by atoms with Gasteiger partial charge in [0.15, 0.2) is 11.5 Å². The molecule has 1 saturated heterocycles. The molecular weight excluding hydrogens is 418 g/mol. The van der Waals surface area contributed by atoms with Crippen molar-refractivity contribution in [2.75, 3.05) is 36.6 Å². The van der Waals surface area contributed by atoms with Gasteiger partial charge in [-0.05, 0) is 18.2 Å². The van der Waals surface area contributed by atoms with E-state index in [0.29, 0.717) is 19.0 Å². The second-order valence-electron chi connectivity index (χ2n) is 8.35. The van der Waals surface area contributed by atoms with Crippen LogP contribution in [0, 0.1) is 0 Å². The normalized spacial score (nSPS) is 17.6. The van der Waals surface area contributed by atoms with Gasteiger partial charge in [0.1, 0.15) is 12.4 Å². The minimum absolute atomic E-state index is 0.278. The molecule has 1 unspecified atom stereocenters. The lowest BCUT2D eigenvalue weighted by Crippen LogP contribution is -2.51. The largest absolute Gasteiger partial charge is 0.489 e. The number of morpholine rings is 1. The van der Waals surface area contributed by atoms with Gasteiger partial charge in [-0.1, -0.05) is 12.1 Å². The summed E-state index contributed by atoms with van der Waals surface area (Å²) in [5, 5.41) is 11.7. The Morgan fingerprint density at radius 2 is 2.12 bits per heavy atom. The van der Waals surface area contributed by atoms with Gasteiger partial charge in [-0.2, -0.15) is 5.10 Å². The van der Waals surface area contributed by atoms with Crippen molar-refractivity contribution in [1.29, 1.82) is 0 Å². The predicted molar refractivity (Wildman–Crippen MR) is 125 cm³/mol. The Hall–Kier alpha value is -4.11. The average molecular weight is 439 g/mol. The Labute approximate surface area is 189 Å². The Kier molecular flexibility index (Phi) is 4.03. The van der Waals surface area contributed by atoms with Crippen LogP contribution < -0.4 is 15.0 Å². The maximum atomic E-state index is 6.06. The first-order valence-electron chi connectivity index (χ1n) is 11.0.